The van der Waals surface area contributed by atoms with Gasteiger partial charge in [0, 0.05) is 32.9 Å². The van der Waals surface area contributed by atoms with Crippen LogP contribution >= 0.6 is 31.9 Å². The molecule has 0 aliphatic rings. The van der Waals surface area contributed by atoms with Gasteiger partial charge in [-0.05, 0) is 37.3 Å². The summed E-state index contributed by atoms with van der Waals surface area (Å²) < 4.78 is 21.0. The van der Waals surface area contributed by atoms with Gasteiger partial charge in [-0.2, -0.15) is 0 Å². The SMILES string of the molecule is COCc1c(Br)cccc1NC(C)c1cc(Br)ccc1F. The van der Waals surface area contributed by atoms with E-state index in [4.69, 9.17) is 4.74 Å². The Balaban J connectivity index is 2.29. The van der Waals surface area contributed by atoms with Crippen LogP contribution in [0.3, 0.4) is 0 Å². The van der Waals surface area contributed by atoms with Gasteiger partial charge in [0.1, 0.15) is 5.82 Å². The molecule has 2 aromatic rings. The third kappa shape index (κ3) is 4.05. The lowest BCUT2D eigenvalue weighted by atomic mass is 10.1. The fourth-order valence-corrected chi connectivity index (χ4v) is 3.00. The van der Waals surface area contributed by atoms with E-state index in [9.17, 15) is 4.39 Å². The summed E-state index contributed by atoms with van der Waals surface area (Å²) >= 11 is 6.90. The van der Waals surface area contributed by atoms with Crippen LogP contribution in [0.4, 0.5) is 10.1 Å². The van der Waals surface area contributed by atoms with Crippen LogP contribution in [0.15, 0.2) is 45.3 Å². The molecule has 2 nitrogen and oxygen atoms in total. The summed E-state index contributed by atoms with van der Waals surface area (Å²) in [6.07, 6.45) is 0. The predicted molar refractivity (Wildman–Crippen MR) is 91.0 cm³/mol. The molecule has 21 heavy (non-hydrogen) atoms. The van der Waals surface area contributed by atoms with Gasteiger partial charge < -0.3 is 10.1 Å². The van der Waals surface area contributed by atoms with E-state index >= 15 is 0 Å². The van der Waals surface area contributed by atoms with E-state index in [0.717, 1.165) is 20.2 Å². The number of methoxy groups -OCH3 is 1. The van der Waals surface area contributed by atoms with Crippen LogP contribution in [0.5, 0.6) is 0 Å². The van der Waals surface area contributed by atoms with E-state index in [1.807, 2.05) is 25.1 Å². The maximum Gasteiger partial charge on any atom is 0.128 e. The van der Waals surface area contributed by atoms with Crippen LogP contribution in [0.1, 0.15) is 24.1 Å². The molecular weight excluding hydrogens is 401 g/mol. The highest BCUT2D eigenvalue weighted by Gasteiger charge is 2.14. The van der Waals surface area contributed by atoms with E-state index in [-0.39, 0.29) is 11.9 Å². The van der Waals surface area contributed by atoms with Crippen LogP contribution < -0.4 is 5.32 Å². The summed E-state index contributed by atoms with van der Waals surface area (Å²) in [4.78, 5) is 0. The number of halogens is 3. The molecule has 0 aliphatic heterocycles. The molecular formula is C16H16Br2FNO. The summed E-state index contributed by atoms with van der Waals surface area (Å²) in [5.74, 6) is -0.221. The van der Waals surface area contributed by atoms with Crippen molar-refractivity contribution in [1.82, 2.24) is 0 Å². The van der Waals surface area contributed by atoms with Crippen LogP contribution in [0.25, 0.3) is 0 Å². The van der Waals surface area contributed by atoms with Gasteiger partial charge in [0.25, 0.3) is 0 Å². The Morgan fingerprint density at radius 1 is 1.24 bits per heavy atom. The predicted octanol–water partition coefficient (Wildman–Crippen LogP) is 5.67. The molecule has 0 aromatic heterocycles. The van der Waals surface area contributed by atoms with E-state index in [2.05, 4.69) is 37.2 Å². The summed E-state index contributed by atoms with van der Waals surface area (Å²) in [5.41, 5.74) is 2.56. The number of nitrogens with one attached hydrogen (secondary N) is 1. The quantitative estimate of drug-likeness (QED) is 0.677. The van der Waals surface area contributed by atoms with Gasteiger partial charge in [-0.1, -0.05) is 37.9 Å². The molecule has 1 atom stereocenters. The molecule has 0 fully saturated rings. The first-order chi connectivity index (χ1) is 10.0. The summed E-state index contributed by atoms with van der Waals surface area (Å²) in [6.45, 7) is 2.42. The fourth-order valence-electron chi connectivity index (χ4n) is 2.14. The largest absolute Gasteiger partial charge is 0.380 e. The number of ether oxygens (including phenoxy) is 1. The molecule has 2 rings (SSSR count). The van der Waals surface area contributed by atoms with Crippen molar-refractivity contribution in [1.29, 1.82) is 0 Å². The zero-order valence-corrected chi connectivity index (χ0v) is 15.0. The number of hydrogen-bond donors (Lipinski definition) is 1. The monoisotopic (exact) mass is 415 g/mol. The van der Waals surface area contributed by atoms with Gasteiger partial charge in [0.15, 0.2) is 0 Å². The molecule has 2 aromatic carbocycles. The third-order valence-electron chi connectivity index (χ3n) is 3.20. The number of benzene rings is 2. The Kier molecular flexibility index (Phi) is 5.79. The minimum absolute atomic E-state index is 0.160. The first kappa shape index (κ1) is 16.5. The van der Waals surface area contributed by atoms with Crippen molar-refractivity contribution < 1.29 is 9.13 Å². The molecule has 0 heterocycles. The van der Waals surface area contributed by atoms with Gasteiger partial charge in [-0.15, -0.1) is 0 Å². The van der Waals surface area contributed by atoms with Gasteiger partial charge in [0.05, 0.1) is 12.6 Å². The van der Waals surface area contributed by atoms with Gasteiger partial charge >= 0.3 is 0 Å². The van der Waals surface area contributed by atoms with E-state index < -0.39 is 0 Å². The average Bonchev–Trinajstić information content (AvgIpc) is 2.45. The first-order valence-corrected chi connectivity index (χ1v) is 8.09. The van der Waals surface area contributed by atoms with Crippen molar-refractivity contribution >= 4 is 37.5 Å². The minimum atomic E-state index is -0.221. The maximum absolute atomic E-state index is 14.0. The van der Waals surface area contributed by atoms with Gasteiger partial charge in [-0.3, -0.25) is 0 Å². The Bertz CT molecular complexity index is 634. The fraction of sp³-hybridized carbons (Fsp3) is 0.250. The number of rotatable bonds is 5. The zero-order chi connectivity index (χ0) is 15.4. The maximum atomic E-state index is 14.0. The second kappa shape index (κ2) is 7.38. The molecule has 0 spiro atoms. The summed E-state index contributed by atoms with van der Waals surface area (Å²) in [5, 5.41) is 3.35. The first-order valence-electron chi connectivity index (χ1n) is 6.50. The van der Waals surface area contributed by atoms with Crippen molar-refractivity contribution in [2.24, 2.45) is 0 Å². The molecule has 0 radical (unpaired) electrons. The molecule has 1 unspecified atom stereocenters. The van der Waals surface area contributed by atoms with E-state index in [1.54, 1.807) is 19.2 Å². The molecule has 112 valence electrons. The Morgan fingerprint density at radius 3 is 2.71 bits per heavy atom. The van der Waals surface area contributed by atoms with E-state index in [0.29, 0.717) is 12.2 Å². The summed E-state index contributed by atoms with van der Waals surface area (Å²) in [6, 6.07) is 10.7. The number of anilines is 1. The molecule has 0 bridgehead atoms. The highest BCUT2D eigenvalue weighted by Crippen LogP contribution is 2.30. The minimum Gasteiger partial charge on any atom is -0.380 e. The van der Waals surface area contributed by atoms with Gasteiger partial charge in [0.2, 0.25) is 0 Å². The lowest BCUT2D eigenvalue weighted by Crippen LogP contribution is -2.11. The van der Waals surface area contributed by atoms with Crippen LogP contribution in [-0.4, -0.2) is 7.11 Å². The van der Waals surface area contributed by atoms with Crippen molar-refractivity contribution in [2.45, 2.75) is 19.6 Å². The highest BCUT2D eigenvalue weighted by atomic mass is 79.9. The van der Waals surface area contributed by atoms with Crippen molar-refractivity contribution in [3.05, 3.63) is 62.3 Å². The second-order valence-corrected chi connectivity index (χ2v) is 6.50. The normalized spacial score (nSPS) is 12.2. The highest BCUT2D eigenvalue weighted by molar-refractivity contribution is 9.10. The Hall–Kier alpha value is -0.910. The smallest absolute Gasteiger partial charge is 0.128 e. The molecule has 0 aliphatic carbocycles. The van der Waals surface area contributed by atoms with Crippen molar-refractivity contribution in [2.75, 3.05) is 12.4 Å². The van der Waals surface area contributed by atoms with Gasteiger partial charge in [-0.25, -0.2) is 4.39 Å². The summed E-state index contributed by atoms with van der Waals surface area (Å²) in [7, 11) is 1.65. The Morgan fingerprint density at radius 2 is 2.00 bits per heavy atom. The average molecular weight is 417 g/mol. The standard InChI is InChI=1S/C16H16Br2FNO/c1-10(12-8-11(17)6-7-15(12)19)20-16-5-3-4-14(18)13(16)9-21-2/h3-8,10,20H,9H2,1-2H3. The van der Waals surface area contributed by atoms with Crippen LogP contribution in [-0.2, 0) is 11.3 Å². The Labute approximate surface area is 141 Å². The number of hydrogen-bond acceptors (Lipinski definition) is 2. The zero-order valence-electron chi connectivity index (χ0n) is 11.8. The van der Waals surface area contributed by atoms with E-state index in [1.165, 1.54) is 6.07 Å². The molecule has 0 amide bonds. The van der Waals surface area contributed by atoms with Crippen LogP contribution in [0.2, 0.25) is 0 Å². The molecule has 0 saturated carbocycles. The topological polar surface area (TPSA) is 21.3 Å². The van der Waals surface area contributed by atoms with Crippen molar-refractivity contribution in [3.8, 4) is 0 Å². The lowest BCUT2D eigenvalue weighted by Gasteiger charge is -2.20. The molecule has 0 saturated heterocycles. The molecule has 5 heteroatoms. The van der Waals surface area contributed by atoms with Crippen LogP contribution in [0, 0.1) is 5.82 Å². The lowest BCUT2D eigenvalue weighted by molar-refractivity contribution is 0.185. The molecule has 1 N–H and O–H groups in total. The van der Waals surface area contributed by atoms with Crippen molar-refractivity contribution in [3.63, 3.8) is 0 Å². The second-order valence-electron chi connectivity index (χ2n) is 4.73. The third-order valence-corrected chi connectivity index (χ3v) is 4.44.